The van der Waals surface area contributed by atoms with Gasteiger partial charge in [0.25, 0.3) is 5.69 Å². The van der Waals surface area contributed by atoms with Crippen molar-refractivity contribution in [2.45, 2.75) is 49.7 Å². The fraction of sp³-hybridized carbons (Fsp3) is 0.345. The zero-order valence-electron chi connectivity index (χ0n) is 22.5. The number of sulfonamides is 1. The van der Waals surface area contributed by atoms with Crippen molar-refractivity contribution >= 4 is 21.8 Å². The van der Waals surface area contributed by atoms with Gasteiger partial charge in [0.05, 0.1) is 9.82 Å². The SMILES string of the molecule is CC(C)CCN(C[C@@H](O)C(Cc1ccccc1)(Cc1ccccc1)OC(N)=O)S(=O)(=O)c1ccc([N+](=O)[O-])cc1. The highest BCUT2D eigenvalue weighted by atomic mass is 32.2. The number of nitro groups is 1. The minimum atomic E-state index is -4.19. The van der Waals surface area contributed by atoms with Crippen molar-refractivity contribution in [2.24, 2.45) is 11.7 Å². The quantitative estimate of drug-likeness (QED) is 0.217. The first-order valence-electron chi connectivity index (χ1n) is 12.9. The fourth-order valence-electron chi connectivity index (χ4n) is 4.48. The summed E-state index contributed by atoms with van der Waals surface area (Å²) in [5.74, 6) is 0.145. The zero-order chi connectivity index (χ0) is 29.3. The fourth-order valence-corrected chi connectivity index (χ4v) is 5.94. The summed E-state index contributed by atoms with van der Waals surface area (Å²) < 4.78 is 34.3. The molecule has 1 amide bonds. The molecule has 11 heteroatoms. The van der Waals surface area contributed by atoms with E-state index in [9.17, 15) is 28.4 Å². The van der Waals surface area contributed by atoms with Crippen molar-refractivity contribution in [3.8, 4) is 0 Å². The van der Waals surface area contributed by atoms with Crippen LogP contribution in [0.5, 0.6) is 0 Å². The van der Waals surface area contributed by atoms with Crippen LogP contribution in [-0.4, -0.2) is 53.6 Å². The van der Waals surface area contributed by atoms with E-state index < -0.39 is 39.3 Å². The summed E-state index contributed by atoms with van der Waals surface area (Å²) >= 11 is 0. The highest BCUT2D eigenvalue weighted by Gasteiger charge is 2.44. The van der Waals surface area contributed by atoms with Crippen molar-refractivity contribution in [3.05, 3.63) is 106 Å². The molecule has 0 bridgehead atoms. The van der Waals surface area contributed by atoms with Crippen molar-refractivity contribution in [1.82, 2.24) is 4.31 Å². The summed E-state index contributed by atoms with van der Waals surface area (Å²) in [6, 6.07) is 22.8. The molecule has 0 heterocycles. The van der Waals surface area contributed by atoms with Crippen LogP contribution in [0.3, 0.4) is 0 Å². The Balaban J connectivity index is 2.05. The van der Waals surface area contributed by atoms with Crippen molar-refractivity contribution in [1.29, 1.82) is 0 Å². The number of benzene rings is 3. The maximum atomic E-state index is 13.7. The second-order valence-corrected chi connectivity index (χ2v) is 12.1. The number of non-ortho nitro benzene ring substituents is 1. The van der Waals surface area contributed by atoms with Gasteiger partial charge in [-0.25, -0.2) is 13.2 Å². The predicted octanol–water partition coefficient (Wildman–Crippen LogP) is 4.31. The second kappa shape index (κ2) is 13.5. The van der Waals surface area contributed by atoms with Gasteiger partial charge in [0, 0.05) is 38.1 Å². The number of nitro benzene ring substituents is 1. The second-order valence-electron chi connectivity index (χ2n) is 10.1. The molecule has 214 valence electrons. The molecule has 0 fully saturated rings. The highest BCUT2D eigenvalue weighted by molar-refractivity contribution is 7.89. The third-order valence-electron chi connectivity index (χ3n) is 6.62. The van der Waals surface area contributed by atoms with E-state index in [-0.39, 0.29) is 35.9 Å². The summed E-state index contributed by atoms with van der Waals surface area (Å²) in [6.45, 7) is 3.55. The molecule has 3 rings (SSSR count). The third-order valence-corrected chi connectivity index (χ3v) is 8.50. The van der Waals surface area contributed by atoms with Crippen LogP contribution in [0.25, 0.3) is 0 Å². The number of ether oxygens (including phenoxy) is 1. The van der Waals surface area contributed by atoms with E-state index in [1.807, 2.05) is 74.5 Å². The molecule has 3 aromatic rings. The number of rotatable bonds is 14. The van der Waals surface area contributed by atoms with Gasteiger partial charge in [-0.3, -0.25) is 10.1 Å². The average Bonchev–Trinajstić information content (AvgIpc) is 2.91. The summed E-state index contributed by atoms with van der Waals surface area (Å²) in [6.07, 6.45) is -1.96. The van der Waals surface area contributed by atoms with Crippen molar-refractivity contribution in [2.75, 3.05) is 13.1 Å². The van der Waals surface area contributed by atoms with Gasteiger partial charge >= 0.3 is 6.09 Å². The van der Waals surface area contributed by atoms with Gasteiger partial charge in [0.2, 0.25) is 10.0 Å². The molecule has 0 saturated heterocycles. The lowest BCUT2D eigenvalue weighted by Crippen LogP contribution is -2.56. The smallest absolute Gasteiger partial charge is 0.405 e. The summed E-state index contributed by atoms with van der Waals surface area (Å²) in [5.41, 5.74) is 5.17. The van der Waals surface area contributed by atoms with Crippen LogP contribution in [0.4, 0.5) is 10.5 Å². The number of carbonyl (C=O) groups is 1. The maximum Gasteiger partial charge on any atom is 0.405 e. The van der Waals surface area contributed by atoms with E-state index in [0.29, 0.717) is 6.42 Å². The Hall–Kier alpha value is -3.80. The first-order chi connectivity index (χ1) is 18.9. The lowest BCUT2D eigenvalue weighted by atomic mass is 9.82. The van der Waals surface area contributed by atoms with Gasteiger partial charge in [-0.05, 0) is 35.6 Å². The number of hydrogen-bond donors (Lipinski definition) is 2. The topological polar surface area (TPSA) is 153 Å². The summed E-state index contributed by atoms with van der Waals surface area (Å²) in [7, 11) is -4.19. The lowest BCUT2D eigenvalue weighted by Gasteiger charge is -2.39. The number of hydrogen-bond acceptors (Lipinski definition) is 7. The monoisotopic (exact) mass is 569 g/mol. The number of amides is 1. The predicted molar refractivity (Wildman–Crippen MR) is 151 cm³/mol. The first kappa shape index (κ1) is 30.7. The van der Waals surface area contributed by atoms with Gasteiger partial charge < -0.3 is 15.6 Å². The van der Waals surface area contributed by atoms with E-state index in [4.69, 9.17) is 10.5 Å². The van der Waals surface area contributed by atoms with Crippen LogP contribution >= 0.6 is 0 Å². The van der Waals surface area contributed by atoms with E-state index in [2.05, 4.69) is 0 Å². The summed E-state index contributed by atoms with van der Waals surface area (Å²) in [5, 5.41) is 22.8. The number of nitrogens with two attached hydrogens (primary N) is 1. The molecule has 3 aromatic carbocycles. The van der Waals surface area contributed by atoms with Gasteiger partial charge in [0.1, 0.15) is 11.7 Å². The number of carbonyl (C=O) groups excluding carboxylic acids is 1. The number of primary amides is 1. The van der Waals surface area contributed by atoms with Gasteiger partial charge in [-0.1, -0.05) is 74.5 Å². The Bertz CT molecular complexity index is 1320. The van der Waals surface area contributed by atoms with Crippen LogP contribution in [0.2, 0.25) is 0 Å². The molecule has 0 spiro atoms. The average molecular weight is 570 g/mol. The van der Waals surface area contributed by atoms with Crippen LogP contribution in [0, 0.1) is 16.0 Å². The van der Waals surface area contributed by atoms with E-state index in [1.165, 1.54) is 12.1 Å². The van der Waals surface area contributed by atoms with Gasteiger partial charge in [-0.15, -0.1) is 0 Å². The molecule has 0 aliphatic heterocycles. The molecule has 0 aromatic heterocycles. The Kier molecular flexibility index (Phi) is 10.4. The van der Waals surface area contributed by atoms with Crippen LogP contribution < -0.4 is 5.73 Å². The molecular formula is C29H35N3O7S. The minimum absolute atomic E-state index is 0.0668. The summed E-state index contributed by atoms with van der Waals surface area (Å²) in [4.78, 5) is 22.5. The normalized spacial score (nSPS) is 12.8. The largest absolute Gasteiger partial charge is 0.440 e. The van der Waals surface area contributed by atoms with Gasteiger partial charge in [-0.2, -0.15) is 4.31 Å². The molecule has 0 radical (unpaired) electrons. The molecule has 40 heavy (non-hydrogen) atoms. The third kappa shape index (κ3) is 8.10. The Morgan fingerprint density at radius 2 is 1.48 bits per heavy atom. The molecule has 0 aliphatic rings. The molecule has 3 N–H and O–H groups in total. The van der Waals surface area contributed by atoms with Crippen molar-refractivity contribution < 1.29 is 28.0 Å². The van der Waals surface area contributed by atoms with Gasteiger partial charge in [0.15, 0.2) is 0 Å². The minimum Gasteiger partial charge on any atom is -0.440 e. The first-order valence-corrected chi connectivity index (χ1v) is 14.4. The zero-order valence-corrected chi connectivity index (χ0v) is 23.4. The van der Waals surface area contributed by atoms with E-state index in [1.54, 1.807) is 0 Å². The highest BCUT2D eigenvalue weighted by Crippen LogP contribution is 2.30. The maximum absolute atomic E-state index is 13.7. The number of aliphatic hydroxyl groups is 1. The molecule has 1 atom stereocenters. The molecule has 0 saturated carbocycles. The van der Waals surface area contributed by atoms with Crippen molar-refractivity contribution in [3.63, 3.8) is 0 Å². The Morgan fingerprint density at radius 1 is 0.975 bits per heavy atom. The number of aliphatic hydroxyl groups excluding tert-OH is 1. The van der Waals surface area contributed by atoms with Crippen LogP contribution in [-0.2, 0) is 27.6 Å². The van der Waals surface area contributed by atoms with E-state index in [0.717, 1.165) is 27.6 Å². The standard InChI is InChI=1S/C29H35N3O7S/c1-22(2)17-18-31(40(37,38)26-15-13-25(14-16-26)32(35)36)21-27(33)29(39-28(30)34,19-23-9-5-3-6-10-23)20-24-11-7-4-8-12-24/h3-16,22,27,33H,17-21H2,1-2H3,(H2,30,34)/t27-/m1/s1. The van der Waals surface area contributed by atoms with E-state index >= 15 is 0 Å². The molecule has 10 nitrogen and oxygen atoms in total. The number of nitrogens with zero attached hydrogens (tertiary/aromatic N) is 2. The molecule has 0 aliphatic carbocycles. The molecule has 0 unspecified atom stereocenters. The lowest BCUT2D eigenvalue weighted by molar-refractivity contribution is -0.384. The Morgan fingerprint density at radius 3 is 1.90 bits per heavy atom. The molecular weight excluding hydrogens is 534 g/mol. The van der Waals surface area contributed by atoms with Crippen LogP contribution in [0.1, 0.15) is 31.4 Å². The van der Waals surface area contributed by atoms with Crippen LogP contribution in [0.15, 0.2) is 89.8 Å². The Labute approximate surface area is 234 Å².